The number of amides is 1. The summed E-state index contributed by atoms with van der Waals surface area (Å²) in [4.78, 5) is 16.1. The van der Waals surface area contributed by atoms with E-state index in [1.54, 1.807) is 24.2 Å². The summed E-state index contributed by atoms with van der Waals surface area (Å²) < 4.78 is 1.85. The van der Waals surface area contributed by atoms with Gasteiger partial charge in [-0.1, -0.05) is 25.1 Å². The second kappa shape index (κ2) is 9.20. The second-order valence-electron chi connectivity index (χ2n) is 5.85. The summed E-state index contributed by atoms with van der Waals surface area (Å²) in [5.74, 6) is 1.55. The van der Waals surface area contributed by atoms with Crippen LogP contribution in [0.5, 0.6) is 0 Å². The number of carbonyl (C=O) groups is 1. The third-order valence-corrected chi connectivity index (χ3v) is 4.99. The summed E-state index contributed by atoms with van der Waals surface area (Å²) >= 11 is 1.66. The monoisotopic (exact) mass is 366 g/mol. The number of nitrogens with zero attached hydrogens (tertiary/aromatic N) is 3. The van der Waals surface area contributed by atoms with Crippen molar-refractivity contribution in [2.24, 2.45) is 0 Å². The molecule has 1 amide bonds. The molecule has 0 bridgehead atoms. The third-order valence-electron chi connectivity index (χ3n) is 3.82. The lowest BCUT2D eigenvalue weighted by Gasteiger charge is -2.05. The normalized spacial score (nSPS) is 10.7. The van der Waals surface area contributed by atoms with Gasteiger partial charge in [-0.05, 0) is 36.4 Å². The maximum atomic E-state index is 12.0. The highest BCUT2D eigenvalue weighted by molar-refractivity contribution is 7.99. The maximum Gasteiger partial charge on any atom is 0.230 e. The molecule has 1 aromatic carbocycles. The number of carbonyl (C=O) groups excluding carboxylic acids is 1. The summed E-state index contributed by atoms with van der Waals surface area (Å²) in [7, 11) is 0. The Morgan fingerprint density at radius 3 is 2.65 bits per heavy atom. The van der Waals surface area contributed by atoms with Crippen LogP contribution in [0.15, 0.2) is 61.1 Å². The zero-order chi connectivity index (χ0) is 18.2. The Labute approximate surface area is 157 Å². The SMILES string of the molecule is CCCSCC(=O)NCc1cn(-c2ccccc2)nc1-c1ccncc1. The zero-order valence-corrected chi connectivity index (χ0v) is 15.6. The molecule has 0 saturated carbocycles. The zero-order valence-electron chi connectivity index (χ0n) is 14.8. The van der Waals surface area contributed by atoms with Crippen LogP contribution in [0.2, 0.25) is 0 Å². The van der Waals surface area contributed by atoms with Gasteiger partial charge < -0.3 is 5.32 Å². The van der Waals surface area contributed by atoms with Gasteiger partial charge in [0.2, 0.25) is 5.91 Å². The molecule has 5 nitrogen and oxygen atoms in total. The van der Waals surface area contributed by atoms with E-state index in [4.69, 9.17) is 5.10 Å². The van der Waals surface area contributed by atoms with Gasteiger partial charge in [-0.3, -0.25) is 9.78 Å². The van der Waals surface area contributed by atoms with Crippen LogP contribution in [0.25, 0.3) is 16.9 Å². The number of hydrogen-bond donors (Lipinski definition) is 1. The molecule has 0 atom stereocenters. The number of thioether (sulfide) groups is 1. The van der Waals surface area contributed by atoms with Crippen LogP contribution < -0.4 is 5.32 Å². The van der Waals surface area contributed by atoms with Gasteiger partial charge in [-0.25, -0.2) is 4.68 Å². The highest BCUT2D eigenvalue weighted by atomic mass is 32.2. The molecule has 3 aromatic rings. The first-order chi connectivity index (χ1) is 12.8. The Hall–Kier alpha value is -2.60. The van der Waals surface area contributed by atoms with Gasteiger partial charge in [0.15, 0.2) is 0 Å². The summed E-state index contributed by atoms with van der Waals surface area (Å²) in [6.45, 7) is 2.57. The van der Waals surface area contributed by atoms with Crippen LogP contribution in [-0.2, 0) is 11.3 Å². The lowest BCUT2D eigenvalue weighted by molar-refractivity contribution is -0.118. The summed E-state index contributed by atoms with van der Waals surface area (Å²) in [5.41, 5.74) is 3.81. The van der Waals surface area contributed by atoms with Crippen molar-refractivity contribution in [1.29, 1.82) is 0 Å². The van der Waals surface area contributed by atoms with Crippen molar-refractivity contribution < 1.29 is 4.79 Å². The number of hydrogen-bond acceptors (Lipinski definition) is 4. The highest BCUT2D eigenvalue weighted by Crippen LogP contribution is 2.23. The van der Waals surface area contributed by atoms with Gasteiger partial charge in [0.05, 0.1) is 17.1 Å². The van der Waals surface area contributed by atoms with Crippen molar-refractivity contribution in [3.8, 4) is 16.9 Å². The lowest BCUT2D eigenvalue weighted by Crippen LogP contribution is -2.24. The first-order valence-electron chi connectivity index (χ1n) is 8.66. The largest absolute Gasteiger partial charge is 0.351 e. The Balaban J connectivity index is 1.81. The Morgan fingerprint density at radius 1 is 1.15 bits per heavy atom. The second-order valence-corrected chi connectivity index (χ2v) is 6.95. The number of pyridine rings is 1. The molecule has 0 aliphatic rings. The molecule has 0 aliphatic heterocycles. The molecule has 26 heavy (non-hydrogen) atoms. The fraction of sp³-hybridized carbons (Fsp3) is 0.250. The molecule has 0 unspecified atom stereocenters. The van der Waals surface area contributed by atoms with E-state index < -0.39 is 0 Å². The van der Waals surface area contributed by atoms with E-state index in [9.17, 15) is 4.79 Å². The van der Waals surface area contributed by atoms with Crippen LogP contribution in [0.3, 0.4) is 0 Å². The minimum absolute atomic E-state index is 0.0524. The Bertz CT molecular complexity index is 834. The van der Waals surface area contributed by atoms with E-state index in [0.717, 1.165) is 34.7 Å². The number of benzene rings is 1. The van der Waals surface area contributed by atoms with Crippen molar-refractivity contribution in [3.63, 3.8) is 0 Å². The van der Waals surface area contributed by atoms with Crippen LogP contribution in [0.1, 0.15) is 18.9 Å². The molecule has 0 aliphatic carbocycles. The summed E-state index contributed by atoms with van der Waals surface area (Å²) in [5, 5.41) is 7.74. The van der Waals surface area contributed by atoms with Crippen molar-refractivity contribution >= 4 is 17.7 Å². The number of aromatic nitrogens is 3. The molecule has 2 aromatic heterocycles. The lowest BCUT2D eigenvalue weighted by atomic mass is 10.1. The van der Waals surface area contributed by atoms with Crippen LogP contribution in [0, 0.1) is 0 Å². The molecule has 6 heteroatoms. The molecule has 0 fully saturated rings. The van der Waals surface area contributed by atoms with E-state index in [0.29, 0.717) is 12.3 Å². The van der Waals surface area contributed by atoms with Crippen LogP contribution >= 0.6 is 11.8 Å². The van der Waals surface area contributed by atoms with Gasteiger partial charge in [-0.15, -0.1) is 0 Å². The van der Waals surface area contributed by atoms with Crippen LogP contribution in [-0.4, -0.2) is 32.2 Å². The fourth-order valence-corrected chi connectivity index (χ4v) is 3.28. The standard InChI is InChI=1S/C20H22N4OS/c1-2-12-26-15-19(25)22-13-17-14-24(18-6-4-3-5-7-18)23-20(17)16-8-10-21-11-9-16/h3-11,14H,2,12-13,15H2,1H3,(H,22,25). The topological polar surface area (TPSA) is 59.8 Å². The predicted molar refractivity (Wildman–Crippen MR) is 106 cm³/mol. The quantitative estimate of drug-likeness (QED) is 0.618. The molecule has 0 saturated heterocycles. The average Bonchev–Trinajstić information content (AvgIpc) is 3.12. The molecule has 0 radical (unpaired) electrons. The first-order valence-corrected chi connectivity index (χ1v) is 9.82. The van der Waals surface area contributed by atoms with Crippen LogP contribution in [0.4, 0.5) is 0 Å². The molecule has 134 valence electrons. The van der Waals surface area contributed by atoms with Crippen molar-refractivity contribution in [2.45, 2.75) is 19.9 Å². The number of rotatable bonds is 8. The van der Waals surface area contributed by atoms with Gasteiger partial charge in [-0.2, -0.15) is 16.9 Å². The van der Waals surface area contributed by atoms with Gasteiger partial charge >= 0.3 is 0 Å². The molecule has 3 rings (SSSR count). The summed E-state index contributed by atoms with van der Waals surface area (Å²) in [6.07, 6.45) is 6.56. The molecular formula is C20H22N4OS. The third kappa shape index (κ3) is 4.73. The van der Waals surface area contributed by atoms with E-state index in [1.807, 2.05) is 53.3 Å². The molecule has 0 spiro atoms. The van der Waals surface area contributed by atoms with E-state index in [2.05, 4.69) is 17.2 Å². The minimum atomic E-state index is 0.0524. The van der Waals surface area contributed by atoms with Gasteiger partial charge in [0.1, 0.15) is 0 Å². The molecule has 2 heterocycles. The summed E-state index contributed by atoms with van der Waals surface area (Å²) in [6, 6.07) is 13.8. The Morgan fingerprint density at radius 2 is 1.92 bits per heavy atom. The molecule has 1 N–H and O–H groups in total. The number of para-hydroxylation sites is 1. The van der Waals surface area contributed by atoms with Crippen molar-refractivity contribution in [3.05, 3.63) is 66.6 Å². The van der Waals surface area contributed by atoms with E-state index >= 15 is 0 Å². The van der Waals surface area contributed by atoms with E-state index in [1.165, 1.54) is 0 Å². The maximum absolute atomic E-state index is 12.0. The highest BCUT2D eigenvalue weighted by Gasteiger charge is 2.13. The molecular weight excluding hydrogens is 344 g/mol. The fourth-order valence-electron chi connectivity index (χ4n) is 2.56. The number of nitrogens with one attached hydrogen (secondary N) is 1. The Kier molecular flexibility index (Phi) is 6.44. The first kappa shape index (κ1) is 18.2. The minimum Gasteiger partial charge on any atom is -0.351 e. The predicted octanol–water partition coefficient (Wildman–Crippen LogP) is 3.69. The van der Waals surface area contributed by atoms with Gasteiger partial charge in [0.25, 0.3) is 0 Å². The van der Waals surface area contributed by atoms with E-state index in [-0.39, 0.29) is 5.91 Å². The smallest absolute Gasteiger partial charge is 0.230 e. The van der Waals surface area contributed by atoms with Crippen molar-refractivity contribution in [1.82, 2.24) is 20.1 Å². The van der Waals surface area contributed by atoms with Crippen molar-refractivity contribution in [2.75, 3.05) is 11.5 Å². The van der Waals surface area contributed by atoms with Gasteiger partial charge in [0, 0.05) is 36.3 Å². The average molecular weight is 366 g/mol.